The van der Waals surface area contributed by atoms with Crippen LogP contribution in [0.2, 0.25) is 10.0 Å². The monoisotopic (exact) mass is 379 g/mol. The Labute approximate surface area is 151 Å². The van der Waals surface area contributed by atoms with Crippen molar-refractivity contribution in [1.82, 2.24) is 19.6 Å². The number of carbonyl (C=O) groups excluding carboxylic acids is 2. The Bertz CT molecular complexity index is 973. The molecule has 1 aromatic carbocycles. The van der Waals surface area contributed by atoms with Crippen molar-refractivity contribution in [2.75, 3.05) is 11.9 Å². The fourth-order valence-electron chi connectivity index (χ4n) is 1.97. The molecule has 3 rings (SSSR count). The third-order valence-corrected chi connectivity index (χ3v) is 3.71. The predicted octanol–water partition coefficient (Wildman–Crippen LogP) is 2.54. The molecule has 0 spiro atoms. The van der Waals surface area contributed by atoms with Gasteiger partial charge in [-0.05, 0) is 31.2 Å². The average molecular weight is 380 g/mol. The third-order valence-electron chi connectivity index (χ3n) is 3.15. The highest BCUT2D eigenvalue weighted by molar-refractivity contribution is 6.35. The number of hydrogen-bond acceptors (Lipinski definition) is 6. The summed E-state index contributed by atoms with van der Waals surface area (Å²) in [5.41, 5.74) is 1.07. The smallest absolute Gasteiger partial charge is 0.378 e. The van der Waals surface area contributed by atoms with Gasteiger partial charge in [-0.3, -0.25) is 4.79 Å². The Balaban J connectivity index is 1.64. The molecule has 0 radical (unpaired) electrons. The first-order valence-electron chi connectivity index (χ1n) is 7.04. The number of carbonyl (C=O) groups is 2. The lowest BCUT2D eigenvalue weighted by Gasteiger charge is -2.07. The lowest BCUT2D eigenvalue weighted by Crippen LogP contribution is -2.21. The van der Waals surface area contributed by atoms with Crippen molar-refractivity contribution in [3.8, 4) is 0 Å². The van der Waals surface area contributed by atoms with Crippen LogP contribution >= 0.6 is 23.2 Å². The van der Waals surface area contributed by atoms with Gasteiger partial charge >= 0.3 is 5.97 Å². The molecule has 0 saturated carbocycles. The van der Waals surface area contributed by atoms with Crippen LogP contribution in [0.1, 0.15) is 16.3 Å². The van der Waals surface area contributed by atoms with Gasteiger partial charge in [0.15, 0.2) is 6.61 Å². The maximum absolute atomic E-state index is 12.0. The first kappa shape index (κ1) is 17.1. The maximum Gasteiger partial charge on any atom is 0.378 e. The largest absolute Gasteiger partial charge is 0.450 e. The van der Waals surface area contributed by atoms with Crippen LogP contribution < -0.4 is 5.32 Å². The molecule has 0 aliphatic rings. The molecule has 2 aromatic heterocycles. The Morgan fingerprint density at radius 2 is 2.08 bits per heavy atom. The Morgan fingerprint density at radius 3 is 2.84 bits per heavy atom. The van der Waals surface area contributed by atoms with Crippen molar-refractivity contribution >= 4 is 46.5 Å². The number of anilines is 1. The van der Waals surface area contributed by atoms with E-state index in [1.54, 1.807) is 31.3 Å². The van der Waals surface area contributed by atoms with Crippen molar-refractivity contribution in [2.45, 2.75) is 6.92 Å². The molecule has 3 aromatic rings. The van der Waals surface area contributed by atoms with Gasteiger partial charge in [0, 0.05) is 16.9 Å². The fraction of sp³-hybridized carbons (Fsp3) is 0.133. The van der Waals surface area contributed by atoms with Gasteiger partial charge in [0.1, 0.15) is 0 Å². The van der Waals surface area contributed by atoms with Crippen LogP contribution in [0.25, 0.3) is 5.78 Å². The zero-order chi connectivity index (χ0) is 18.0. The number of aryl methyl sites for hydroxylation is 1. The molecular weight excluding hydrogens is 369 g/mol. The van der Waals surface area contributed by atoms with Crippen molar-refractivity contribution in [3.05, 3.63) is 52.0 Å². The second-order valence-electron chi connectivity index (χ2n) is 4.98. The van der Waals surface area contributed by atoms with E-state index >= 15 is 0 Å². The van der Waals surface area contributed by atoms with Crippen LogP contribution in [0.5, 0.6) is 0 Å². The normalized spacial score (nSPS) is 10.7. The molecule has 25 heavy (non-hydrogen) atoms. The number of nitrogens with zero attached hydrogens (tertiary/aromatic N) is 4. The SMILES string of the molecule is Cc1ccnc2nc(C(=O)OCC(=O)Nc3cc(Cl)ccc3Cl)nn12. The summed E-state index contributed by atoms with van der Waals surface area (Å²) in [6.07, 6.45) is 1.55. The minimum atomic E-state index is -0.836. The molecule has 128 valence electrons. The van der Waals surface area contributed by atoms with Gasteiger partial charge in [-0.15, -0.1) is 5.10 Å². The number of amides is 1. The Kier molecular flexibility index (Phi) is 4.82. The molecule has 2 heterocycles. The number of ether oxygens (including phenoxy) is 1. The number of aromatic nitrogens is 4. The average Bonchev–Trinajstić information content (AvgIpc) is 3.02. The van der Waals surface area contributed by atoms with E-state index in [9.17, 15) is 9.59 Å². The number of esters is 1. The fourth-order valence-corrected chi connectivity index (χ4v) is 2.31. The van der Waals surface area contributed by atoms with Crippen molar-refractivity contribution in [3.63, 3.8) is 0 Å². The van der Waals surface area contributed by atoms with E-state index in [4.69, 9.17) is 27.9 Å². The Hall–Kier alpha value is -2.71. The van der Waals surface area contributed by atoms with E-state index in [2.05, 4.69) is 20.4 Å². The quantitative estimate of drug-likeness (QED) is 0.699. The standard InChI is InChI=1S/C15H11Cl2N5O3/c1-8-4-5-18-15-20-13(21-22(8)15)14(24)25-7-12(23)19-11-6-9(16)2-3-10(11)17/h2-6H,7H2,1H3,(H,19,23). The summed E-state index contributed by atoms with van der Waals surface area (Å²) in [5.74, 6) is -1.33. The van der Waals surface area contributed by atoms with Crippen LogP contribution in [0.4, 0.5) is 5.69 Å². The molecule has 8 nitrogen and oxygen atoms in total. The lowest BCUT2D eigenvalue weighted by molar-refractivity contribution is -0.119. The van der Waals surface area contributed by atoms with Gasteiger partial charge in [0.2, 0.25) is 0 Å². The van der Waals surface area contributed by atoms with E-state index in [-0.39, 0.29) is 11.6 Å². The Morgan fingerprint density at radius 1 is 1.28 bits per heavy atom. The van der Waals surface area contributed by atoms with Gasteiger partial charge < -0.3 is 10.1 Å². The highest BCUT2D eigenvalue weighted by atomic mass is 35.5. The number of halogens is 2. The summed E-state index contributed by atoms with van der Waals surface area (Å²) in [5, 5.41) is 7.22. The minimum Gasteiger partial charge on any atom is -0.450 e. The second kappa shape index (κ2) is 7.04. The predicted molar refractivity (Wildman–Crippen MR) is 90.9 cm³/mol. The topological polar surface area (TPSA) is 98.5 Å². The number of benzene rings is 1. The highest BCUT2D eigenvalue weighted by Crippen LogP contribution is 2.25. The lowest BCUT2D eigenvalue weighted by atomic mass is 10.3. The first-order valence-corrected chi connectivity index (χ1v) is 7.80. The summed E-state index contributed by atoms with van der Waals surface area (Å²) < 4.78 is 6.31. The van der Waals surface area contributed by atoms with Gasteiger partial charge in [-0.1, -0.05) is 23.2 Å². The van der Waals surface area contributed by atoms with E-state index in [0.29, 0.717) is 15.7 Å². The zero-order valence-electron chi connectivity index (χ0n) is 12.9. The molecule has 0 saturated heterocycles. The van der Waals surface area contributed by atoms with Crippen LogP contribution in [-0.2, 0) is 9.53 Å². The van der Waals surface area contributed by atoms with E-state index in [0.717, 1.165) is 5.69 Å². The van der Waals surface area contributed by atoms with Gasteiger partial charge in [-0.2, -0.15) is 4.98 Å². The third kappa shape index (κ3) is 3.86. The first-order chi connectivity index (χ1) is 11.9. The molecule has 10 heteroatoms. The van der Waals surface area contributed by atoms with Crippen molar-refractivity contribution in [1.29, 1.82) is 0 Å². The maximum atomic E-state index is 12.0. The zero-order valence-corrected chi connectivity index (χ0v) is 14.4. The van der Waals surface area contributed by atoms with Crippen molar-refractivity contribution in [2.24, 2.45) is 0 Å². The highest BCUT2D eigenvalue weighted by Gasteiger charge is 2.17. The molecular formula is C15H11Cl2N5O3. The molecule has 1 amide bonds. The summed E-state index contributed by atoms with van der Waals surface area (Å²) in [4.78, 5) is 31.8. The molecule has 0 bridgehead atoms. The minimum absolute atomic E-state index is 0.185. The van der Waals surface area contributed by atoms with Crippen molar-refractivity contribution < 1.29 is 14.3 Å². The van der Waals surface area contributed by atoms with Crippen LogP contribution in [0.3, 0.4) is 0 Å². The van der Waals surface area contributed by atoms with Gasteiger partial charge in [-0.25, -0.2) is 14.3 Å². The number of nitrogens with one attached hydrogen (secondary N) is 1. The van der Waals surface area contributed by atoms with E-state index < -0.39 is 18.5 Å². The van der Waals surface area contributed by atoms with Gasteiger partial charge in [0.25, 0.3) is 17.5 Å². The molecule has 0 atom stereocenters. The molecule has 0 aliphatic heterocycles. The number of fused-ring (bicyclic) bond motifs is 1. The van der Waals surface area contributed by atoms with Crippen LogP contribution in [0.15, 0.2) is 30.5 Å². The van der Waals surface area contributed by atoms with Crippen LogP contribution in [0, 0.1) is 6.92 Å². The van der Waals surface area contributed by atoms with E-state index in [1.165, 1.54) is 10.6 Å². The second-order valence-corrected chi connectivity index (χ2v) is 5.83. The number of hydrogen-bond donors (Lipinski definition) is 1. The summed E-state index contributed by atoms with van der Waals surface area (Å²) >= 11 is 11.8. The summed E-state index contributed by atoms with van der Waals surface area (Å²) in [6.45, 7) is 1.27. The molecule has 0 unspecified atom stereocenters. The molecule has 1 N–H and O–H groups in total. The molecule has 0 aliphatic carbocycles. The van der Waals surface area contributed by atoms with E-state index in [1.807, 2.05) is 0 Å². The number of rotatable bonds is 4. The van der Waals surface area contributed by atoms with Gasteiger partial charge in [0.05, 0.1) is 10.7 Å². The summed E-state index contributed by atoms with van der Waals surface area (Å²) in [6, 6.07) is 6.34. The molecule has 0 fully saturated rings. The van der Waals surface area contributed by atoms with Crippen LogP contribution in [-0.4, -0.2) is 38.1 Å². The summed E-state index contributed by atoms with van der Waals surface area (Å²) in [7, 11) is 0.